The standard InChI is InChI=1S/C20H30O2.C2H4O2/c1-12-10-14(21)11-13-4-5-15-16-6-7-18(22)19(16,2)9-8-17(15)20(12,13)3;1-2(3)4/h10,13,15-18,22H,4-9,11H2,1-3H3;1H3,(H,3,4)/t13-,15-,16-,17-,18-,19-,20-;/m0./s1. The summed E-state index contributed by atoms with van der Waals surface area (Å²) in [4.78, 5) is 21.0. The molecule has 0 unspecified atom stereocenters. The highest BCUT2D eigenvalue weighted by atomic mass is 16.4. The van der Waals surface area contributed by atoms with Gasteiger partial charge in [-0.1, -0.05) is 19.4 Å². The molecule has 0 aromatic carbocycles. The van der Waals surface area contributed by atoms with E-state index in [1.807, 2.05) is 6.08 Å². The van der Waals surface area contributed by atoms with Crippen LogP contribution >= 0.6 is 0 Å². The average Bonchev–Trinajstić information content (AvgIpc) is 2.84. The highest BCUT2D eigenvalue weighted by Gasteiger charge is 2.60. The third-order valence-corrected chi connectivity index (χ3v) is 8.53. The number of hydrogen-bond donors (Lipinski definition) is 2. The van der Waals surface area contributed by atoms with Gasteiger partial charge in [0.05, 0.1) is 6.10 Å². The minimum absolute atomic E-state index is 0.0893. The minimum Gasteiger partial charge on any atom is -0.481 e. The maximum atomic E-state index is 12.0. The van der Waals surface area contributed by atoms with Gasteiger partial charge in [-0.2, -0.15) is 0 Å². The first kappa shape index (κ1) is 19.6. The molecule has 4 aliphatic rings. The number of carboxylic acid groups (broad SMARTS) is 1. The van der Waals surface area contributed by atoms with E-state index in [9.17, 15) is 9.90 Å². The summed E-state index contributed by atoms with van der Waals surface area (Å²) in [6, 6.07) is 0. The van der Waals surface area contributed by atoms with Gasteiger partial charge in [-0.25, -0.2) is 0 Å². The van der Waals surface area contributed by atoms with Crippen LogP contribution in [-0.4, -0.2) is 28.1 Å². The lowest BCUT2D eigenvalue weighted by atomic mass is 9.45. The van der Waals surface area contributed by atoms with Crippen molar-refractivity contribution < 1.29 is 19.8 Å². The third kappa shape index (κ3) is 2.94. The molecular weight excluding hydrogens is 328 g/mol. The molecule has 2 N–H and O–H groups in total. The summed E-state index contributed by atoms with van der Waals surface area (Å²) in [5.41, 5.74) is 1.73. The van der Waals surface area contributed by atoms with E-state index in [-0.39, 0.29) is 16.9 Å². The first-order valence-electron chi connectivity index (χ1n) is 10.2. The van der Waals surface area contributed by atoms with Gasteiger partial charge in [-0.15, -0.1) is 0 Å². The summed E-state index contributed by atoms with van der Waals surface area (Å²) >= 11 is 0. The molecule has 0 spiro atoms. The highest BCUT2D eigenvalue weighted by molar-refractivity contribution is 5.91. The van der Waals surface area contributed by atoms with E-state index in [0.29, 0.717) is 17.6 Å². The molecule has 4 rings (SSSR count). The van der Waals surface area contributed by atoms with Gasteiger partial charge in [0.25, 0.3) is 5.97 Å². The van der Waals surface area contributed by atoms with Crippen LogP contribution in [0.4, 0.5) is 0 Å². The molecular formula is C22H34O4. The molecule has 0 heterocycles. The first-order chi connectivity index (χ1) is 12.1. The van der Waals surface area contributed by atoms with Crippen LogP contribution in [0.15, 0.2) is 11.6 Å². The molecule has 4 heteroatoms. The van der Waals surface area contributed by atoms with Gasteiger partial charge in [0.1, 0.15) is 0 Å². The van der Waals surface area contributed by atoms with E-state index in [1.54, 1.807) is 0 Å². The van der Waals surface area contributed by atoms with Crippen LogP contribution in [0.5, 0.6) is 0 Å². The predicted molar refractivity (Wildman–Crippen MR) is 101 cm³/mol. The minimum atomic E-state index is -0.833. The van der Waals surface area contributed by atoms with Crippen molar-refractivity contribution in [3.63, 3.8) is 0 Å². The number of fused-ring (bicyclic) bond motifs is 5. The molecule has 7 atom stereocenters. The lowest BCUT2D eigenvalue weighted by Crippen LogP contribution is -2.54. The lowest BCUT2D eigenvalue weighted by Gasteiger charge is -2.60. The largest absolute Gasteiger partial charge is 0.481 e. The molecule has 0 bridgehead atoms. The van der Waals surface area contributed by atoms with Crippen molar-refractivity contribution in [3.05, 3.63) is 11.6 Å². The van der Waals surface area contributed by atoms with E-state index in [4.69, 9.17) is 9.90 Å². The molecule has 0 saturated heterocycles. The van der Waals surface area contributed by atoms with Crippen LogP contribution in [-0.2, 0) is 9.59 Å². The van der Waals surface area contributed by atoms with Crippen molar-refractivity contribution in [2.75, 3.05) is 0 Å². The van der Waals surface area contributed by atoms with Gasteiger partial charge in [-0.05, 0) is 86.0 Å². The SMILES string of the molecule is CC(=O)O.CC1=CC(=O)C[C@@H]2CC[C@H]3[C@@H]4CC[C@H](O)[C@@]4(C)CC[C@@H]3[C@@]12C. The number of rotatable bonds is 0. The molecule has 0 aromatic rings. The van der Waals surface area contributed by atoms with Crippen molar-refractivity contribution in [2.45, 2.75) is 78.7 Å². The zero-order chi connectivity index (χ0) is 19.3. The predicted octanol–water partition coefficient (Wildman–Crippen LogP) is 4.22. The third-order valence-electron chi connectivity index (χ3n) is 8.53. The quantitative estimate of drug-likeness (QED) is 0.677. The van der Waals surface area contributed by atoms with Gasteiger partial charge < -0.3 is 10.2 Å². The molecule has 0 radical (unpaired) electrons. The number of allylic oxidation sites excluding steroid dienone is 2. The molecule has 0 amide bonds. The highest BCUT2D eigenvalue weighted by Crippen LogP contribution is 2.66. The van der Waals surface area contributed by atoms with Crippen LogP contribution in [0.25, 0.3) is 0 Å². The van der Waals surface area contributed by atoms with Gasteiger partial charge in [0, 0.05) is 13.3 Å². The summed E-state index contributed by atoms with van der Waals surface area (Å²) in [5.74, 6) is 2.24. The molecule has 0 aromatic heterocycles. The summed E-state index contributed by atoms with van der Waals surface area (Å²) in [7, 11) is 0. The van der Waals surface area contributed by atoms with Gasteiger partial charge in [-0.3, -0.25) is 9.59 Å². The van der Waals surface area contributed by atoms with Crippen molar-refractivity contribution in [2.24, 2.45) is 34.5 Å². The molecule has 3 fully saturated rings. The molecule has 146 valence electrons. The van der Waals surface area contributed by atoms with Crippen molar-refractivity contribution in [1.29, 1.82) is 0 Å². The Morgan fingerprint density at radius 1 is 1.12 bits per heavy atom. The van der Waals surface area contributed by atoms with E-state index in [1.165, 1.54) is 37.7 Å². The number of aliphatic carboxylic acids is 1. The van der Waals surface area contributed by atoms with Crippen LogP contribution < -0.4 is 0 Å². The van der Waals surface area contributed by atoms with Crippen molar-refractivity contribution in [3.8, 4) is 0 Å². The van der Waals surface area contributed by atoms with Gasteiger partial charge in [0.2, 0.25) is 0 Å². The summed E-state index contributed by atoms with van der Waals surface area (Å²) in [6.07, 6.45) is 9.71. The second kappa shape index (κ2) is 6.78. The average molecular weight is 363 g/mol. The number of hydrogen-bond acceptors (Lipinski definition) is 3. The zero-order valence-corrected chi connectivity index (χ0v) is 16.6. The van der Waals surface area contributed by atoms with E-state index in [2.05, 4.69) is 20.8 Å². The number of aliphatic hydroxyl groups excluding tert-OH is 1. The van der Waals surface area contributed by atoms with Crippen LogP contribution in [0.3, 0.4) is 0 Å². The number of carbonyl (C=O) groups excluding carboxylic acids is 1. The monoisotopic (exact) mass is 362 g/mol. The Labute approximate surface area is 157 Å². The summed E-state index contributed by atoms with van der Waals surface area (Å²) < 4.78 is 0. The Hall–Kier alpha value is -1.16. The molecule has 4 nitrogen and oxygen atoms in total. The normalized spacial score (nSPS) is 46.9. The first-order valence-corrected chi connectivity index (χ1v) is 10.2. The second-order valence-corrected chi connectivity index (χ2v) is 9.59. The number of carboxylic acids is 1. The topological polar surface area (TPSA) is 74.6 Å². The Morgan fingerprint density at radius 2 is 1.77 bits per heavy atom. The van der Waals surface area contributed by atoms with E-state index >= 15 is 0 Å². The van der Waals surface area contributed by atoms with Crippen LogP contribution in [0.2, 0.25) is 0 Å². The fraction of sp³-hybridized carbons (Fsp3) is 0.818. The van der Waals surface area contributed by atoms with Crippen LogP contribution in [0, 0.1) is 34.5 Å². The Kier molecular flexibility index (Phi) is 5.11. The molecule has 26 heavy (non-hydrogen) atoms. The Morgan fingerprint density at radius 3 is 2.42 bits per heavy atom. The fourth-order valence-corrected chi connectivity index (χ4v) is 7.03. The summed E-state index contributed by atoms with van der Waals surface area (Å²) in [6.45, 7) is 8.07. The van der Waals surface area contributed by atoms with E-state index < -0.39 is 5.97 Å². The smallest absolute Gasteiger partial charge is 0.300 e. The van der Waals surface area contributed by atoms with Crippen LogP contribution in [0.1, 0.15) is 72.6 Å². The summed E-state index contributed by atoms with van der Waals surface area (Å²) in [5, 5.41) is 17.9. The second-order valence-electron chi connectivity index (χ2n) is 9.59. The Balaban J connectivity index is 0.000000447. The maximum Gasteiger partial charge on any atom is 0.300 e. The lowest BCUT2D eigenvalue weighted by molar-refractivity contribution is -0.134. The van der Waals surface area contributed by atoms with Gasteiger partial charge in [0.15, 0.2) is 5.78 Å². The fourth-order valence-electron chi connectivity index (χ4n) is 7.03. The molecule has 3 saturated carbocycles. The van der Waals surface area contributed by atoms with Crippen molar-refractivity contribution >= 4 is 11.8 Å². The number of ketones is 1. The number of aliphatic hydroxyl groups is 1. The van der Waals surface area contributed by atoms with Gasteiger partial charge >= 0.3 is 0 Å². The molecule has 0 aliphatic heterocycles. The van der Waals surface area contributed by atoms with Crippen molar-refractivity contribution in [1.82, 2.24) is 0 Å². The Bertz CT molecular complexity index is 620. The molecule has 4 aliphatic carbocycles. The van der Waals surface area contributed by atoms with E-state index in [0.717, 1.165) is 31.6 Å². The number of carbonyl (C=O) groups is 2. The maximum absolute atomic E-state index is 12.0. The zero-order valence-electron chi connectivity index (χ0n) is 16.6.